The minimum absolute atomic E-state index is 0.0433. The third-order valence-electron chi connectivity index (χ3n) is 4.74. The molecular formula is C20H24N2O4S. The summed E-state index contributed by atoms with van der Waals surface area (Å²) in [6.45, 7) is 4.29. The zero-order chi connectivity index (χ0) is 19.6. The maximum atomic E-state index is 12.8. The lowest BCUT2D eigenvalue weighted by molar-refractivity contribution is -0.118. The third kappa shape index (κ3) is 3.93. The molecule has 0 radical (unpaired) electrons. The lowest BCUT2D eigenvalue weighted by Crippen LogP contribution is -2.35. The van der Waals surface area contributed by atoms with Crippen LogP contribution in [0.2, 0.25) is 0 Å². The van der Waals surface area contributed by atoms with Crippen LogP contribution in [0.1, 0.15) is 30.9 Å². The van der Waals surface area contributed by atoms with Crippen molar-refractivity contribution in [1.29, 1.82) is 0 Å². The van der Waals surface area contributed by atoms with Crippen LogP contribution in [0.4, 0.5) is 11.4 Å². The molecule has 3 rings (SSSR count). The lowest BCUT2D eigenvalue weighted by atomic mass is 10.0. The first-order valence-corrected chi connectivity index (χ1v) is 10.4. The van der Waals surface area contributed by atoms with Gasteiger partial charge in [0.05, 0.1) is 17.7 Å². The van der Waals surface area contributed by atoms with Gasteiger partial charge in [-0.1, -0.05) is 13.0 Å². The standard InChI is InChI=1S/C20H24N2O4S/c1-4-20(23)22-11-5-6-15-7-8-16(13-18(15)22)21-27(24,25)17-9-10-19(26-3)14(2)12-17/h7-10,12-13,21H,4-6,11H2,1-3H3. The molecule has 6 nitrogen and oxygen atoms in total. The number of amides is 1. The monoisotopic (exact) mass is 388 g/mol. The second-order valence-electron chi connectivity index (χ2n) is 6.58. The first-order valence-electron chi connectivity index (χ1n) is 8.96. The first kappa shape index (κ1) is 19.2. The molecule has 1 N–H and O–H groups in total. The summed E-state index contributed by atoms with van der Waals surface area (Å²) in [6.07, 6.45) is 2.21. The number of methoxy groups -OCH3 is 1. The Bertz CT molecular complexity index is 970. The Kier molecular flexibility index (Phi) is 5.41. The van der Waals surface area contributed by atoms with Crippen molar-refractivity contribution in [3.05, 3.63) is 47.5 Å². The fourth-order valence-electron chi connectivity index (χ4n) is 3.32. The van der Waals surface area contributed by atoms with Crippen molar-refractivity contribution < 1.29 is 17.9 Å². The van der Waals surface area contributed by atoms with Gasteiger partial charge in [-0.05, 0) is 61.2 Å². The van der Waals surface area contributed by atoms with Crippen LogP contribution in [-0.2, 0) is 21.2 Å². The van der Waals surface area contributed by atoms with E-state index in [1.807, 2.05) is 13.0 Å². The first-order chi connectivity index (χ1) is 12.9. The van der Waals surface area contributed by atoms with Crippen molar-refractivity contribution in [2.45, 2.75) is 38.0 Å². The summed E-state index contributed by atoms with van der Waals surface area (Å²) in [4.78, 5) is 14.1. The molecular weight excluding hydrogens is 364 g/mol. The third-order valence-corrected chi connectivity index (χ3v) is 6.12. The molecule has 0 atom stereocenters. The van der Waals surface area contributed by atoms with E-state index >= 15 is 0 Å². The Morgan fingerprint density at radius 1 is 1.22 bits per heavy atom. The Hall–Kier alpha value is -2.54. The van der Waals surface area contributed by atoms with E-state index in [2.05, 4.69) is 4.72 Å². The summed E-state index contributed by atoms with van der Waals surface area (Å²) in [7, 11) is -2.19. The molecule has 144 valence electrons. The van der Waals surface area contributed by atoms with Gasteiger partial charge >= 0.3 is 0 Å². The topological polar surface area (TPSA) is 75.7 Å². The number of sulfonamides is 1. The van der Waals surface area contributed by atoms with E-state index in [1.165, 1.54) is 6.07 Å². The molecule has 27 heavy (non-hydrogen) atoms. The van der Waals surface area contributed by atoms with Crippen LogP contribution < -0.4 is 14.4 Å². The summed E-state index contributed by atoms with van der Waals surface area (Å²) in [6, 6.07) is 10.1. The molecule has 0 spiro atoms. The minimum Gasteiger partial charge on any atom is -0.496 e. The number of benzene rings is 2. The summed E-state index contributed by atoms with van der Waals surface area (Å²) in [5, 5.41) is 0. The van der Waals surface area contributed by atoms with Crippen molar-refractivity contribution in [2.75, 3.05) is 23.3 Å². The van der Waals surface area contributed by atoms with Crippen LogP contribution in [0.25, 0.3) is 0 Å². The van der Waals surface area contributed by atoms with Gasteiger partial charge in [0.15, 0.2) is 0 Å². The number of carbonyl (C=O) groups excluding carboxylic acids is 1. The van der Waals surface area contributed by atoms with Gasteiger partial charge in [-0.25, -0.2) is 8.42 Å². The average Bonchev–Trinajstić information content (AvgIpc) is 2.66. The number of aryl methyl sites for hydroxylation is 2. The van der Waals surface area contributed by atoms with Gasteiger partial charge in [-0.15, -0.1) is 0 Å². The van der Waals surface area contributed by atoms with E-state index in [1.54, 1.807) is 43.2 Å². The Labute approximate surface area is 160 Å². The molecule has 0 aliphatic carbocycles. The number of ether oxygens (including phenoxy) is 1. The van der Waals surface area contributed by atoms with Gasteiger partial charge in [0.25, 0.3) is 10.0 Å². The quantitative estimate of drug-likeness (QED) is 0.851. The van der Waals surface area contributed by atoms with Gasteiger partial charge < -0.3 is 9.64 Å². The zero-order valence-electron chi connectivity index (χ0n) is 15.8. The zero-order valence-corrected chi connectivity index (χ0v) is 16.6. The van der Waals surface area contributed by atoms with E-state index in [9.17, 15) is 13.2 Å². The SMILES string of the molecule is CCC(=O)N1CCCc2ccc(NS(=O)(=O)c3ccc(OC)c(C)c3)cc21. The fourth-order valence-corrected chi connectivity index (χ4v) is 4.45. The Morgan fingerprint density at radius 2 is 2.00 bits per heavy atom. The normalized spacial score (nSPS) is 13.8. The van der Waals surface area contributed by atoms with E-state index in [0.29, 0.717) is 24.4 Å². The maximum absolute atomic E-state index is 12.8. The molecule has 0 unspecified atom stereocenters. The summed E-state index contributed by atoms with van der Waals surface area (Å²) in [5.41, 5.74) is 3.04. The lowest BCUT2D eigenvalue weighted by Gasteiger charge is -2.29. The van der Waals surface area contributed by atoms with Gasteiger partial charge in [0.1, 0.15) is 5.75 Å². The number of carbonyl (C=O) groups is 1. The highest BCUT2D eigenvalue weighted by Gasteiger charge is 2.23. The van der Waals surface area contributed by atoms with Crippen LogP contribution in [0.15, 0.2) is 41.3 Å². The van der Waals surface area contributed by atoms with Crippen LogP contribution in [0.5, 0.6) is 5.75 Å². The van der Waals surface area contributed by atoms with Crippen LogP contribution in [0.3, 0.4) is 0 Å². The Morgan fingerprint density at radius 3 is 2.67 bits per heavy atom. The van der Waals surface area contributed by atoms with Crippen molar-refractivity contribution in [2.24, 2.45) is 0 Å². The van der Waals surface area contributed by atoms with E-state index in [0.717, 1.165) is 29.7 Å². The molecule has 1 aliphatic heterocycles. The van der Waals surface area contributed by atoms with E-state index in [4.69, 9.17) is 4.74 Å². The number of nitrogens with one attached hydrogen (secondary N) is 1. The van der Waals surface area contributed by atoms with E-state index < -0.39 is 10.0 Å². The molecule has 7 heteroatoms. The van der Waals surface area contributed by atoms with Gasteiger partial charge in [0.2, 0.25) is 5.91 Å². The van der Waals surface area contributed by atoms with Crippen LogP contribution in [-0.4, -0.2) is 28.0 Å². The largest absolute Gasteiger partial charge is 0.496 e. The summed E-state index contributed by atoms with van der Waals surface area (Å²) in [5.74, 6) is 0.679. The highest BCUT2D eigenvalue weighted by molar-refractivity contribution is 7.92. The summed E-state index contributed by atoms with van der Waals surface area (Å²) >= 11 is 0. The number of anilines is 2. The molecule has 1 amide bonds. The molecule has 0 fully saturated rings. The van der Waals surface area contributed by atoms with Crippen LogP contribution >= 0.6 is 0 Å². The number of nitrogens with zero attached hydrogens (tertiary/aromatic N) is 1. The molecule has 2 aromatic rings. The number of hydrogen-bond acceptors (Lipinski definition) is 4. The Balaban J connectivity index is 1.91. The van der Waals surface area contributed by atoms with Crippen molar-refractivity contribution >= 4 is 27.3 Å². The van der Waals surface area contributed by atoms with Gasteiger partial charge in [-0.3, -0.25) is 9.52 Å². The van der Waals surface area contributed by atoms with Crippen molar-refractivity contribution in [3.63, 3.8) is 0 Å². The molecule has 0 saturated heterocycles. The molecule has 1 heterocycles. The molecule has 1 aliphatic rings. The predicted molar refractivity (Wildman–Crippen MR) is 106 cm³/mol. The highest BCUT2D eigenvalue weighted by atomic mass is 32.2. The highest BCUT2D eigenvalue weighted by Crippen LogP contribution is 2.31. The fraction of sp³-hybridized carbons (Fsp3) is 0.350. The second-order valence-corrected chi connectivity index (χ2v) is 8.27. The molecule has 0 bridgehead atoms. The van der Waals surface area contributed by atoms with Crippen molar-refractivity contribution in [3.8, 4) is 5.75 Å². The van der Waals surface area contributed by atoms with Crippen LogP contribution in [0, 0.1) is 6.92 Å². The minimum atomic E-state index is -3.74. The molecule has 0 saturated carbocycles. The summed E-state index contributed by atoms with van der Waals surface area (Å²) < 4.78 is 33.3. The van der Waals surface area contributed by atoms with Gasteiger partial charge in [0, 0.05) is 18.7 Å². The average molecular weight is 388 g/mol. The maximum Gasteiger partial charge on any atom is 0.261 e. The van der Waals surface area contributed by atoms with Gasteiger partial charge in [-0.2, -0.15) is 0 Å². The number of fused-ring (bicyclic) bond motifs is 1. The molecule has 2 aromatic carbocycles. The smallest absolute Gasteiger partial charge is 0.261 e. The second kappa shape index (κ2) is 7.60. The number of hydrogen-bond donors (Lipinski definition) is 1. The molecule has 0 aromatic heterocycles. The predicted octanol–water partition coefficient (Wildman–Crippen LogP) is 3.49. The number of rotatable bonds is 5. The van der Waals surface area contributed by atoms with Crippen molar-refractivity contribution in [1.82, 2.24) is 0 Å². The van der Waals surface area contributed by atoms with E-state index in [-0.39, 0.29) is 10.8 Å².